The molecule has 0 spiro atoms. The van der Waals surface area contributed by atoms with Crippen LogP contribution >= 0.6 is 24.8 Å². The molecule has 18 heteroatoms. The largest absolute Gasteiger partial charge is 0.444 e. The van der Waals surface area contributed by atoms with E-state index in [0.717, 1.165) is 23.1 Å². The number of nitrogens with one attached hydrogen (secondary N) is 1. The molecule has 8 aromatic rings. The van der Waals surface area contributed by atoms with Gasteiger partial charge in [0.1, 0.15) is 28.5 Å². The van der Waals surface area contributed by atoms with Gasteiger partial charge in [0.2, 0.25) is 0 Å². The van der Waals surface area contributed by atoms with Crippen LogP contribution in [0.4, 0.5) is 13.6 Å². The first-order valence-electron chi connectivity index (χ1n) is 22.0. The fourth-order valence-electron chi connectivity index (χ4n) is 9.95. The van der Waals surface area contributed by atoms with Crippen LogP contribution in [0.2, 0.25) is 0 Å². The summed E-state index contributed by atoms with van der Waals surface area (Å²) in [6.45, 7) is 8.34. The lowest BCUT2D eigenvalue weighted by Gasteiger charge is -2.26. The van der Waals surface area contributed by atoms with Crippen molar-refractivity contribution in [3.8, 4) is 0 Å². The maximum Gasteiger partial charge on any atom is 0.410 e. The van der Waals surface area contributed by atoms with Crippen LogP contribution in [0.25, 0.3) is 55.4 Å². The molecule has 69 heavy (non-hydrogen) atoms. The van der Waals surface area contributed by atoms with Crippen LogP contribution in [0, 0.1) is 11.6 Å². The van der Waals surface area contributed by atoms with Crippen LogP contribution in [0.3, 0.4) is 0 Å². The van der Waals surface area contributed by atoms with Crippen LogP contribution < -0.4 is 5.32 Å². The minimum absolute atomic E-state index is 0. The first-order valence-corrected chi connectivity index (χ1v) is 22.0. The Balaban J connectivity index is 0.000000170. The van der Waals surface area contributed by atoms with Crippen molar-refractivity contribution in [3.05, 3.63) is 143 Å². The van der Waals surface area contributed by atoms with Gasteiger partial charge in [0, 0.05) is 90.6 Å². The third-order valence-electron chi connectivity index (χ3n) is 12.6. The summed E-state index contributed by atoms with van der Waals surface area (Å²) in [5.74, 6) is -1.89. The minimum Gasteiger partial charge on any atom is -0.444 e. The molecule has 0 saturated carbocycles. The van der Waals surface area contributed by atoms with Gasteiger partial charge >= 0.3 is 6.09 Å². The molecule has 0 bridgehead atoms. The Morgan fingerprint density at radius 2 is 1.14 bits per heavy atom. The molecule has 2 aliphatic carbocycles. The highest BCUT2D eigenvalue weighted by Crippen LogP contribution is 2.42. The number of rotatable bonds is 4. The fourth-order valence-corrected chi connectivity index (χ4v) is 9.95. The van der Waals surface area contributed by atoms with Gasteiger partial charge < -0.3 is 24.1 Å². The van der Waals surface area contributed by atoms with Gasteiger partial charge in [-0.25, -0.2) is 23.5 Å². The summed E-state index contributed by atoms with van der Waals surface area (Å²) in [5.41, 5.74) is 7.34. The Morgan fingerprint density at radius 1 is 0.652 bits per heavy atom. The topological polar surface area (TPSA) is 154 Å². The summed E-state index contributed by atoms with van der Waals surface area (Å²) in [6.07, 6.45) is 9.62. The number of hydrogen-bond acceptors (Lipinski definition) is 9. The zero-order chi connectivity index (χ0) is 46.5. The zero-order valence-corrected chi connectivity index (χ0v) is 39.2. The molecule has 0 saturated heterocycles. The number of aromatic nitrogens is 6. The molecule has 1 N–H and O–H groups in total. The van der Waals surface area contributed by atoms with E-state index in [2.05, 4.69) is 19.9 Å². The Hall–Kier alpha value is -7.27. The summed E-state index contributed by atoms with van der Waals surface area (Å²) in [4.78, 5) is 75.3. The van der Waals surface area contributed by atoms with E-state index >= 15 is 0 Å². The van der Waals surface area contributed by atoms with E-state index in [1.807, 2.05) is 57.8 Å². The number of carbonyl (C=O) groups is 5. The van der Waals surface area contributed by atoms with Gasteiger partial charge in [0.05, 0.1) is 65.3 Å². The number of carbonyl (C=O) groups excluding carboxylic acids is 5. The van der Waals surface area contributed by atoms with E-state index in [1.54, 1.807) is 54.9 Å². The number of nitrogens with zero attached hydrogens (tertiary/aromatic N) is 7. The Bertz CT molecular complexity index is 3570. The molecule has 352 valence electrons. The zero-order valence-electron chi connectivity index (χ0n) is 37.5. The molecular weight excluding hydrogens is 930 g/mol. The van der Waals surface area contributed by atoms with Gasteiger partial charge in [0.15, 0.2) is 23.1 Å². The Morgan fingerprint density at radius 3 is 1.68 bits per heavy atom. The lowest BCUT2D eigenvalue weighted by atomic mass is 9.98. The average molecular weight is 974 g/mol. The van der Waals surface area contributed by atoms with E-state index in [9.17, 15) is 32.8 Å². The molecule has 4 aliphatic rings. The molecule has 14 nitrogen and oxygen atoms in total. The number of hydrogen-bond donors (Lipinski definition) is 1. The second kappa shape index (κ2) is 17.7. The Labute approximate surface area is 405 Å². The third kappa shape index (κ3) is 8.01. The number of pyridine rings is 2. The summed E-state index contributed by atoms with van der Waals surface area (Å²) in [6, 6.07) is 16.9. The van der Waals surface area contributed by atoms with Crippen molar-refractivity contribution in [2.45, 2.75) is 65.4 Å². The van der Waals surface area contributed by atoms with Crippen molar-refractivity contribution < 1.29 is 37.5 Å². The molecule has 0 unspecified atom stereocenters. The number of imidazole rings is 2. The lowest BCUT2D eigenvalue weighted by Crippen LogP contribution is -2.37. The number of benzene rings is 2. The van der Waals surface area contributed by atoms with Crippen LogP contribution in [0.15, 0.2) is 97.8 Å². The number of amides is 1. The fraction of sp³-hybridized carbons (Fsp3) is 0.235. The number of Topliss-reactive ketones (excluding diaryl/α,β-unsaturated/α-hetero) is 4. The summed E-state index contributed by atoms with van der Waals surface area (Å²) >= 11 is 0. The second-order valence-corrected chi connectivity index (χ2v) is 18.2. The molecule has 0 atom stereocenters. The number of halogens is 4. The molecule has 2 aromatic carbocycles. The van der Waals surface area contributed by atoms with Gasteiger partial charge in [-0.3, -0.25) is 28.0 Å². The van der Waals surface area contributed by atoms with Gasteiger partial charge in [-0.05, 0) is 80.4 Å². The number of ether oxygens (including phenoxy) is 1. The molecule has 12 rings (SSSR count). The van der Waals surface area contributed by atoms with E-state index in [1.165, 1.54) is 24.3 Å². The standard InChI is InChI=1S/C28H25FN4O4.C23H17FN4O2.2ClH/c1-28(2,3)37-27(36)32-9-8-31-15-19(18-11-17(29)10-16(14-32)26(18)31)24-21(34)12-22(35)25(24)20-13-30-23-6-4-5-7-33(20)23;24-14-7-13-10-25-4-6-27-12-16(15(8-14)23(13)27)21-18(29)9-19(30)22(21)17-11-26-20-3-1-2-5-28(17)20;;/h4-7,10-11,13,15H,8-9,12,14H2,1-3H3;1-3,5,7-8,11-12,25H,4,6,9-10H2;2*1H. The maximum absolute atomic E-state index is 14.9. The number of allylic oxidation sites excluding steroid dienone is 4. The van der Waals surface area contributed by atoms with Crippen LogP contribution in [0.1, 0.15) is 67.3 Å². The number of fused-ring (bicyclic) bond motifs is 2. The first kappa shape index (κ1) is 46.8. The SMILES string of the molecule is CC(C)(C)OC(=O)N1CCn2cc(C3=C(c4cnc5ccccn45)C(=O)CC3=O)c3cc(F)cc(c32)C1.Cl.Cl.O=C1CC(=O)C(c2cnc3ccccn23)=C1c1cn2c3c(cc(F)cc13)CNCC2. The molecule has 1 amide bonds. The highest BCUT2D eigenvalue weighted by molar-refractivity contribution is 6.52. The molecule has 0 fully saturated rings. The summed E-state index contributed by atoms with van der Waals surface area (Å²) in [5, 5.41) is 4.49. The van der Waals surface area contributed by atoms with Crippen LogP contribution in [-0.2, 0) is 50.1 Å². The molecule has 6 aromatic heterocycles. The summed E-state index contributed by atoms with van der Waals surface area (Å²) < 4.78 is 42.5. The number of ketones is 4. The van der Waals surface area contributed by atoms with Crippen molar-refractivity contribution >= 4 is 109 Å². The maximum atomic E-state index is 14.9. The highest BCUT2D eigenvalue weighted by Gasteiger charge is 2.38. The van der Waals surface area contributed by atoms with Crippen molar-refractivity contribution in [1.29, 1.82) is 0 Å². The van der Waals surface area contributed by atoms with E-state index in [-0.39, 0.29) is 78.7 Å². The predicted molar refractivity (Wildman–Crippen MR) is 260 cm³/mol. The van der Waals surface area contributed by atoms with Crippen molar-refractivity contribution in [1.82, 2.24) is 38.1 Å². The van der Waals surface area contributed by atoms with Gasteiger partial charge in [-0.15, -0.1) is 24.8 Å². The van der Waals surface area contributed by atoms with Crippen molar-refractivity contribution in [2.24, 2.45) is 0 Å². The highest BCUT2D eigenvalue weighted by atomic mass is 35.5. The molecule has 2 aliphatic heterocycles. The third-order valence-corrected chi connectivity index (χ3v) is 12.6. The Kier molecular flexibility index (Phi) is 12.0. The predicted octanol–water partition coefficient (Wildman–Crippen LogP) is 8.46. The average Bonchev–Trinajstić information content (AvgIpc) is 4.10. The van der Waals surface area contributed by atoms with Crippen molar-refractivity contribution in [2.75, 3.05) is 13.1 Å². The first-order chi connectivity index (χ1) is 32.2. The monoisotopic (exact) mass is 972 g/mol. The molecule has 8 heterocycles. The van der Waals surface area contributed by atoms with Crippen LogP contribution in [0.5, 0.6) is 0 Å². The molecular formula is C51H44Cl2F2N8O6. The van der Waals surface area contributed by atoms with Gasteiger partial charge in [0.25, 0.3) is 0 Å². The van der Waals surface area contributed by atoms with Gasteiger partial charge in [-0.2, -0.15) is 0 Å². The molecule has 0 radical (unpaired) electrons. The minimum atomic E-state index is -0.654. The normalized spacial score (nSPS) is 16.0. The van der Waals surface area contributed by atoms with E-state index in [0.29, 0.717) is 93.0 Å². The van der Waals surface area contributed by atoms with E-state index < -0.39 is 17.5 Å². The quantitative estimate of drug-likeness (QED) is 0.171. The summed E-state index contributed by atoms with van der Waals surface area (Å²) in [7, 11) is 0. The van der Waals surface area contributed by atoms with Crippen molar-refractivity contribution in [3.63, 3.8) is 0 Å². The second-order valence-electron chi connectivity index (χ2n) is 18.2. The van der Waals surface area contributed by atoms with E-state index in [4.69, 9.17) is 4.74 Å². The lowest BCUT2D eigenvalue weighted by molar-refractivity contribution is -0.121. The smallest absolute Gasteiger partial charge is 0.410 e. The van der Waals surface area contributed by atoms with Gasteiger partial charge in [-0.1, -0.05) is 12.1 Å². The van der Waals surface area contributed by atoms with Crippen LogP contribution in [-0.4, -0.2) is 80.7 Å².